The molecule has 1 fully saturated rings. The number of hydrogen-bond acceptors (Lipinski definition) is 4. The first-order valence-corrected chi connectivity index (χ1v) is 12.4. The van der Waals surface area contributed by atoms with Gasteiger partial charge in [-0.1, -0.05) is 54.6 Å². The molecule has 1 aliphatic rings. The Bertz CT molecular complexity index is 1170. The number of benzene rings is 2. The topological polar surface area (TPSA) is 68.5 Å². The number of carbonyl (C=O) groups excluding carboxylic acids is 1. The van der Waals surface area contributed by atoms with E-state index in [0.717, 1.165) is 42.5 Å². The number of aryl methyl sites for hydroxylation is 2. The molecule has 0 saturated carbocycles. The van der Waals surface area contributed by atoms with Crippen LogP contribution in [-0.2, 0) is 17.6 Å². The van der Waals surface area contributed by atoms with E-state index >= 15 is 0 Å². The molecule has 6 heteroatoms. The van der Waals surface area contributed by atoms with E-state index in [0.29, 0.717) is 24.4 Å². The predicted octanol–water partition coefficient (Wildman–Crippen LogP) is 5.02. The van der Waals surface area contributed by atoms with Crippen molar-refractivity contribution in [1.82, 2.24) is 9.88 Å². The zero-order valence-corrected chi connectivity index (χ0v) is 21.0. The van der Waals surface area contributed by atoms with E-state index in [1.165, 1.54) is 11.1 Å². The summed E-state index contributed by atoms with van der Waals surface area (Å²) in [4.78, 5) is 19.1. The second-order valence-electron chi connectivity index (χ2n) is 10.3. The van der Waals surface area contributed by atoms with E-state index in [9.17, 15) is 4.79 Å². The Kier molecular flexibility index (Phi) is 7.49. The molecule has 5 nitrogen and oxygen atoms in total. The van der Waals surface area contributed by atoms with Gasteiger partial charge in [0.2, 0.25) is 0 Å². The third kappa shape index (κ3) is 6.24. The molecular weight excluding hydrogens is 433 g/mol. The smallest absolute Gasteiger partial charge is 0.410 e. The number of likely N-dealkylation sites (tertiary alicyclic amines) is 1. The van der Waals surface area contributed by atoms with Crippen molar-refractivity contribution in [2.24, 2.45) is 0 Å². The lowest BCUT2D eigenvalue weighted by Gasteiger charge is -2.35. The van der Waals surface area contributed by atoms with E-state index in [-0.39, 0.29) is 12.0 Å². The lowest BCUT2D eigenvalue weighted by Crippen LogP contribution is -2.42. The number of nitrogen functional groups attached to an aromatic ring is 1. The number of pyridine rings is 1. The van der Waals surface area contributed by atoms with Crippen molar-refractivity contribution in [3.8, 4) is 11.3 Å². The fourth-order valence-electron chi connectivity index (χ4n) is 4.71. The van der Waals surface area contributed by atoms with Crippen molar-refractivity contribution in [2.75, 3.05) is 18.8 Å². The lowest BCUT2D eigenvalue weighted by atomic mass is 9.85. The van der Waals surface area contributed by atoms with Crippen molar-refractivity contribution in [2.45, 2.75) is 58.0 Å². The van der Waals surface area contributed by atoms with Gasteiger partial charge in [0.25, 0.3) is 0 Å². The average Bonchev–Trinajstić information content (AvgIpc) is 2.84. The van der Waals surface area contributed by atoms with E-state index in [1.54, 1.807) is 4.90 Å². The Balaban J connectivity index is 1.60. The van der Waals surface area contributed by atoms with Crippen LogP contribution in [0.4, 0.5) is 10.5 Å². The molecule has 2 radical (unpaired) electrons. The molecule has 180 valence electrons. The highest BCUT2D eigenvalue weighted by atomic mass is 16.6. The van der Waals surface area contributed by atoms with Crippen LogP contribution < -0.4 is 11.3 Å². The van der Waals surface area contributed by atoms with E-state index in [1.807, 2.05) is 32.9 Å². The highest BCUT2D eigenvalue weighted by Crippen LogP contribution is 2.33. The molecule has 1 unspecified atom stereocenters. The minimum Gasteiger partial charge on any atom is -0.444 e. The summed E-state index contributed by atoms with van der Waals surface area (Å²) in [5.41, 5.74) is 12.1. The molecule has 2 heterocycles. The van der Waals surface area contributed by atoms with Crippen LogP contribution in [0.1, 0.15) is 56.2 Å². The predicted molar refractivity (Wildman–Crippen MR) is 143 cm³/mol. The van der Waals surface area contributed by atoms with Crippen molar-refractivity contribution in [3.05, 3.63) is 77.4 Å². The number of piperidine rings is 1. The molecule has 1 saturated heterocycles. The van der Waals surface area contributed by atoms with Crippen molar-refractivity contribution in [1.29, 1.82) is 0 Å². The second-order valence-corrected chi connectivity index (χ2v) is 10.3. The Morgan fingerprint density at radius 2 is 1.83 bits per heavy atom. The number of anilines is 1. The molecule has 0 aliphatic carbocycles. The number of amides is 1. The highest BCUT2D eigenvalue weighted by Gasteiger charge is 2.30. The number of nitrogens with two attached hydrogens (primary N) is 1. The van der Waals surface area contributed by atoms with Crippen LogP contribution in [0, 0.1) is 0 Å². The van der Waals surface area contributed by atoms with Gasteiger partial charge >= 0.3 is 6.09 Å². The van der Waals surface area contributed by atoms with Crippen molar-refractivity contribution >= 4 is 25.2 Å². The first kappa shape index (κ1) is 24.8. The van der Waals surface area contributed by atoms with Crippen LogP contribution in [0.5, 0.6) is 0 Å². The maximum atomic E-state index is 12.7. The third-order valence-electron chi connectivity index (χ3n) is 6.45. The Morgan fingerprint density at radius 3 is 2.57 bits per heavy atom. The second kappa shape index (κ2) is 10.6. The van der Waals surface area contributed by atoms with Gasteiger partial charge in [-0.3, -0.25) is 4.98 Å². The number of carbonyl (C=O) groups is 1. The quantitative estimate of drug-likeness (QED) is 0.535. The Hall–Kier alpha value is -3.28. The molecular formula is C29H34BN3O2. The summed E-state index contributed by atoms with van der Waals surface area (Å²) < 4.78 is 5.61. The molecule has 0 spiro atoms. The van der Waals surface area contributed by atoms with Gasteiger partial charge in [0.15, 0.2) is 0 Å². The summed E-state index contributed by atoms with van der Waals surface area (Å²) in [5.74, 6) is 0.0804. The average molecular weight is 467 g/mol. The maximum absolute atomic E-state index is 12.7. The molecule has 3 aromatic rings. The van der Waals surface area contributed by atoms with Gasteiger partial charge in [-0.05, 0) is 69.2 Å². The van der Waals surface area contributed by atoms with Crippen LogP contribution in [0.3, 0.4) is 0 Å². The number of ether oxygens (including phenoxy) is 1. The van der Waals surface area contributed by atoms with Crippen LogP contribution >= 0.6 is 0 Å². The third-order valence-corrected chi connectivity index (χ3v) is 6.45. The fourth-order valence-corrected chi connectivity index (χ4v) is 4.71. The summed E-state index contributed by atoms with van der Waals surface area (Å²) in [6.07, 6.45) is 3.38. The molecule has 2 aromatic carbocycles. The van der Waals surface area contributed by atoms with Gasteiger partial charge < -0.3 is 15.4 Å². The van der Waals surface area contributed by atoms with E-state index in [4.69, 9.17) is 18.3 Å². The van der Waals surface area contributed by atoms with Crippen molar-refractivity contribution in [3.63, 3.8) is 0 Å². The first-order valence-electron chi connectivity index (χ1n) is 12.4. The maximum Gasteiger partial charge on any atom is 0.410 e. The standard InChI is InChI=1S/C29H34BN3O2/c1-29(2,3)35-28(34)33-17-9-13-22(19-33)24-18-25(32-27(30)26(24)31)23-14-8-7-12-21(23)16-15-20-10-5-4-6-11-20/h4-8,10-12,14,18,22H,9,13,15-17,19,31H2,1-3H3. The minimum absolute atomic E-state index is 0.0804. The fraction of sp³-hybridized carbons (Fsp3) is 0.379. The summed E-state index contributed by atoms with van der Waals surface area (Å²) in [5, 5.41) is 0. The van der Waals surface area contributed by atoms with Crippen LogP contribution in [-0.4, -0.2) is 42.5 Å². The summed E-state index contributed by atoms with van der Waals surface area (Å²) in [6.45, 7) is 6.89. The van der Waals surface area contributed by atoms with Crippen LogP contribution in [0.15, 0.2) is 60.7 Å². The molecule has 1 amide bonds. The molecule has 1 aliphatic heterocycles. The zero-order valence-electron chi connectivity index (χ0n) is 21.0. The number of rotatable bonds is 5. The van der Waals surface area contributed by atoms with Gasteiger partial charge in [-0.2, -0.15) is 0 Å². The van der Waals surface area contributed by atoms with E-state index in [2.05, 4.69) is 53.5 Å². The van der Waals surface area contributed by atoms with Crippen molar-refractivity contribution < 1.29 is 9.53 Å². The van der Waals surface area contributed by atoms with E-state index < -0.39 is 5.60 Å². The Labute approximate surface area is 210 Å². The highest BCUT2D eigenvalue weighted by molar-refractivity contribution is 6.34. The van der Waals surface area contributed by atoms with Crippen LogP contribution in [0.2, 0.25) is 0 Å². The molecule has 35 heavy (non-hydrogen) atoms. The Morgan fingerprint density at radius 1 is 1.11 bits per heavy atom. The molecule has 1 aromatic heterocycles. The van der Waals surface area contributed by atoms with Gasteiger partial charge in [-0.15, -0.1) is 0 Å². The van der Waals surface area contributed by atoms with Gasteiger partial charge in [0, 0.05) is 35.9 Å². The minimum atomic E-state index is -0.527. The SMILES string of the molecule is [B]c1nc(-c2ccccc2CCc2ccccc2)cc(C2CCCN(C(=O)OC(C)(C)C)C2)c1N. The number of aromatic nitrogens is 1. The summed E-state index contributed by atoms with van der Waals surface area (Å²) in [7, 11) is 6.32. The summed E-state index contributed by atoms with van der Waals surface area (Å²) in [6, 6.07) is 20.9. The zero-order chi connectivity index (χ0) is 25.0. The lowest BCUT2D eigenvalue weighted by molar-refractivity contribution is 0.0198. The van der Waals surface area contributed by atoms with Gasteiger partial charge in [0.1, 0.15) is 13.4 Å². The molecule has 0 bridgehead atoms. The molecule has 1 atom stereocenters. The number of nitrogens with zero attached hydrogens (tertiary/aromatic N) is 2. The van der Waals surface area contributed by atoms with Gasteiger partial charge in [0.05, 0.1) is 5.69 Å². The normalized spacial score (nSPS) is 16.2. The monoisotopic (exact) mass is 467 g/mol. The summed E-state index contributed by atoms with van der Waals surface area (Å²) >= 11 is 0. The molecule has 4 rings (SSSR count). The number of hydrogen-bond donors (Lipinski definition) is 1. The molecule has 2 N–H and O–H groups in total. The largest absolute Gasteiger partial charge is 0.444 e. The first-order chi connectivity index (χ1) is 16.7. The van der Waals surface area contributed by atoms with Crippen LogP contribution in [0.25, 0.3) is 11.3 Å². The van der Waals surface area contributed by atoms with Gasteiger partial charge in [-0.25, -0.2) is 4.79 Å².